The number of carbonyl (C=O) groups excluding carboxylic acids is 2. The normalized spacial score (nSPS) is 15.0. The van der Waals surface area contributed by atoms with Gasteiger partial charge in [-0.3, -0.25) is 9.59 Å². The number of anilines is 1. The minimum Gasteiger partial charge on any atom is -0.493 e. The molecule has 0 aromatic heterocycles. The van der Waals surface area contributed by atoms with Crippen LogP contribution in [0.1, 0.15) is 30.1 Å². The van der Waals surface area contributed by atoms with Gasteiger partial charge in [0.1, 0.15) is 0 Å². The number of ether oxygens (including phenoxy) is 3. The van der Waals surface area contributed by atoms with Crippen LogP contribution >= 0.6 is 0 Å². The summed E-state index contributed by atoms with van der Waals surface area (Å²) in [5, 5.41) is 2.86. The average molecular weight is 477 g/mol. The van der Waals surface area contributed by atoms with Crippen LogP contribution in [0.2, 0.25) is 0 Å². The molecule has 0 radical (unpaired) electrons. The number of ketones is 1. The number of carbonyl (C=O) groups is 2. The second-order valence-corrected chi connectivity index (χ2v) is 9.60. The summed E-state index contributed by atoms with van der Waals surface area (Å²) in [7, 11) is 0.789. The molecule has 178 valence electrons. The molecule has 1 N–H and O–H groups in total. The van der Waals surface area contributed by atoms with Gasteiger partial charge in [-0.1, -0.05) is 12.1 Å². The summed E-state index contributed by atoms with van der Waals surface area (Å²) >= 11 is 0. The first-order valence-corrected chi connectivity index (χ1v) is 11.9. The van der Waals surface area contributed by atoms with Gasteiger partial charge in [0.15, 0.2) is 17.3 Å². The molecule has 1 aliphatic heterocycles. The second kappa shape index (κ2) is 10.2. The van der Waals surface area contributed by atoms with E-state index in [0.29, 0.717) is 41.3 Å². The Balaban J connectivity index is 1.66. The van der Waals surface area contributed by atoms with E-state index >= 15 is 0 Å². The Morgan fingerprint density at radius 3 is 1.94 bits per heavy atom. The minimum atomic E-state index is -3.69. The summed E-state index contributed by atoms with van der Waals surface area (Å²) in [5.41, 5.74) is 0.950. The summed E-state index contributed by atoms with van der Waals surface area (Å²) in [5.74, 6) is 0.598. The number of nitrogens with zero attached hydrogens (tertiary/aromatic N) is 1. The fraction of sp³-hybridized carbons (Fsp3) is 0.391. The first-order valence-electron chi connectivity index (χ1n) is 10.4. The van der Waals surface area contributed by atoms with Crippen molar-refractivity contribution in [1.82, 2.24) is 4.31 Å². The SMILES string of the molecule is COc1cc(NC(=O)C2CCN(S(=O)(=O)c3ccc(C(C)=O)cc3)CC2)cc(OC)c1OC. The van der Waals surface area contributed by atoms with E-state index < -0.39 is 10.0 Å². The largest absolute Gasteiger partial charge is 0.493 e. The zero-order chi connectivity index (χ0) is 24.2. The van der Waals surface area contributed by atoms with Crippen molar-refractivity contribution >= 4 is 27.4 Å². The van der Waals surface area contributed by atoms with E-state index in [1.807, 2.05) is 0 Å². The lowest BCUT2D eigenvalue weighted by atomic mass is 9.97. The van der Waals surface area contributed by atoms with E-state index in [4.69, 9.17) is 14.2 Å². The van der Waals surface area contributed by atoms with Crippen LogP contribution in [0, 0.1) is 5.92 Å². The Kier molecular flexibility index (Phi) is 7.60. The molecule has 3 rings (SSSR count). The highest BCUT2D eigenvalue weighted by Crippen LogP contribution is 2.40. The minimum absolute atomic E-state index is 0.127. The smallest absolute Gasteiger partial charge is 0.243 e. The predicted octanol–water partition coefficient (Wildman–Crippen LogP) is 2.95. The van der Waals surface area contributed by atoms with Crippen molar-refractivity contribution in [2.75, 3.05) is 39.7 Å². The molecule has 1 fully saturated rings. The lowest BCUT2D eigenvalue weighted by molar-refractivity contribution is -0.120. The molecule has 0 aliphatic carbocycles. The number of rotatable bonds is 8. The lowest BCUT2D eigenvalue weighted by Gasteiger charge is -2.30. The molecule has 2 aromatic carbocycles. The van der Waals surface area contributed by atoms with Crippen molar-refractivity contribution in [3.8, 4) is 17.2 Å². The van der Waals surface area contributed by atoms with Crippen LogP contribution in [0.4, 0.5) is 5.69 Å². The van der Waals surface area contributed by atoms with E-state index in [9.17, 15) is 18.0 Å². The van der Waals surface area contributed by atoms with Crippen molar-refractivity contribution in [1.29, 1.82) is 0 Å². The topological polar surface area (TPSA) is 111 Å². The third kappa shape index (κ3) is 5.28. The summed E-state index contributed by atoms with van der Waals surface area (Å²) in [6.45, 7) is 1.88. The molecular weight excluding hydrogens is 448 g/mol. The van der Waals surface area contributed by atoms with Crippen LogP contribution < -0.4 is 19.5 Å². The summed E-state index contributed by atoms with van der Waals surface area (Å²) in [6, 6.07) is 9.18. The van der Waals surface area contributed by atoms with E-state index in [2.05, 4.69) is 5.32 Å². The summed E-state index contributed by atoms with van der Waals surface area (Å²) in [4.78, 5) is 24.4. The molecule has 10 heteroatoms. The van der Waals surface area contributed by atoms with Gasteiger partial charge in [-0.05, 0) is 31.9 Å². The molecule has 1 saturated heterocycles. The van der Waals surface area contributed by atoms with Crippen LogP contribution in [0.25, 0.3) is 0 Å². The molecule has 0 atom stereocenters. The van der Waals surface area contributed by atoms with Crippen LogP contribution in [-0.4, -0.2) is 58.8 Å². The standard InChI is InChI=1S/C23H28N2O7S/c1-15(26)16-5-7-19(8-6-16)33(28,29)25-11-9-17(10-12-25)23(27)24-18-13-20(30-2)22(32-4)21(14-18)31-3/h5-8,13-14,17H,9-12H2,1-4H3,(H,24,27). The van der Waals surface area contributed by atoms with Gasteiger partial charge in [0.05, 0.1) is 26.2 Å². The van der Waals surface area contributed by atoms with E-state index in [0.717, 1.165) is 0 Å². The summed E-state index contributed by atoms with van der Waals surface area (Å²) in [6.07, 6.45) is 0.780. The molecule has 0 spiro atoms. The zero-order valence-corrected chi connectivity index (χ0v) is 19.9. The van der Waals surface area contributed by atoms with Gasteiger partial charge < -0.3 is 19.5 Å². The number of amides is 1. The van der Waals surface area contributed by atoms with Crippen molar-refractivity contribution in [2.24, 2.45) is 5.92 Å². The molecule has 1 amide bonds. The maximum Gasteiger partial charge on any atom is 0.243 e. The van der Waals surface area contributed by atoms with Gasteiger partial charge in [-0.2, -0.15) is 4.31 Å². The molecule has 0 unspecified atom stereocenters. The third-order valence-electron chi connectivity index (χ3n) is 5.66. The van der Waals surface area contributed by atoms with Crippen molar-refractivity contribution in [3.05, 3.63) is 42.0 Å². The molecule has 1 aliphatic rings. The van der Waals surface area contributed by atoms with E-state index in [1.165, 1.54) is 56.8 Å². The van der Waals surface area contributed by atoms with Crippen LogP contribution in [0.15, 0.2) is 41.3 Å². The molecule has 9 nitrogen and oxygen atoms in total. The number of hydrogen-bond acceptors (Lipinski definition) is 7. The lowest BCUT2D eigenvalue weighted by Crippen LogP contribution is -2.41. The van der Waals surface area contributed by atoms with Gasteiger partial charge in [-0.25, -0.2) is 8.42 Å². The number of Topliss-reactive ketones (excluding diaryl/α,β-unsaturated/α-hetero) is 1. The van der Waals surface area contributed by atoms with Gasteiger partial charge >= 0.3 is 0 Å². The van der Waals surface area contributed by atoms with Gasteiger partial charge in [0.2, 0.25) is 21.7 Å². The number of benzene rings is 2. The quantitative estimate of drug-likeness (QED) is 0.583. The van der Waals surface area contributed by atoms with Gasteiger partial charge in [-0.15, -0.1) is 0 Å². The van der Waals surface area contributed by atoms with Crippen molar-refractivity contribution in [3.63, 3.8) is 0 Å². The number of methoxy groups -OCH3 is 3. The Morgan fingerprint density at radius 2 is 1.48 bits per heavy atom. The molecule has 0 saturated carbocycles. The fourth-order valence-corrected chi connectivity index (χ4v) is 5.24. The Bertz CT molecular complexity index is 1100. The Hall–Kier alpha value is -3.11. The van der Waals surface area contributed by atoms with E-state index in [1.54, 1.807) is 12.1 Å². The number of nitrogens with one attached hydrogen (secondary N) is 1. The highest BCUT2D eigenvalue weighted by molar-refractivity contribution is 7.89. The summed E-state index contributed by atoms with van der Waals surface area (Å²) < 4.78 is 43.2. The molecule has 33 heavy (non-hydrogen) atoms. The molecule has 2 aromatic rings. The number of piperidine rings is 1. The van der Waals surface area contributed by atoms with Gasteiger partial charge in [0, 0.05) is 42.4 Å². The molecule has 1 heterocycles. The predicted molar refractivity (Wildman–Crippen MR) is 123 cm³/mol. The van der Waals surface area contributed by atoms with Crippen molar-refractivity contribution in [2.45, 2.75) is 24.7 Å². The Morgan fingerprint density at radius 1 is 0.939 bits per heavy atom. The highest BCUT2D eigenvalue weighted by Gasteiger charge is 2.32. The van der Waals surface area contributed by atoms with Crippen LogP contribution in [0.5, 0.6) is 17.2 Å². The van der Waals surface area contributed by atoms with Crippen LogP contribution in [0.3, 0.4) is 0 Å². The van der Waals surface area contributed by atoms with Gasteiger partial charge in [0.25, 0.3) is 0 Å². The third-order valence-corrected chi connectivity index (χ3v) is 7.57. The first-order chi connectivity index (χ1) is 15.7. The van der Waals surface area contributed by atoms with Crippen molar-refractivity contribution < 1.29 is 32.2 Å². The maximum absolute atomic E-state index is 12.9. The molecule has 0 bridgehead atoms. The van der Waals surface area contributed by atoms with E-state index in [-0.39, 0.29) is 35.6 Å². The fourth-order valence-electron chi connectivity index (χ4n) is 3.77. The average Bonchev–Trinajstić information content (AvgIpc) is 2.83. The zero-order valence-electron chi connectivity index (χ0n) is 19.1. The monoisotopic (exact) mass is 476 g/mol. The highest BCUT2D eigenvalue weighted by atomic mass is 32.2. The first kappa shape index (κ1) is 24.5. The molecular formula is C23H28N2O7S. The Labute approximate surface area is 193 Å². The van der Waals surface area contributed by atoms with Crippen LogP contribution in [-0.2, 0) is 14.8 Å². The number of sulfonamides is 1. The second-order valence-electron chi connectivity index (χ2n) is 7.66. The maximum atomic E-state index is 12.9. The number of hydrogen-bond donors (Lipinski definition) is 1.